The highest BCUT2D eigenvalue weighted by molar-refractivity contribution is 5.86. The molecule has 0 saturated heterocycles. The van der Waals surface area contributed by atoms with Crippen LogP contribution in [-0.4, -0.2) is 51.2 Å². The van der Waals surface area contributed by atoms with Crippen molar-refractivity contribution >= 4 is 18.0 Å². The zero-order valence-corrected chi connectivity index (χ0v) is 10.8. The van der Waals surface area contributed by atoms with Gasteiger partial charge in [-0.3, -0.25) is 9.78 Å². The molecular weight excluding hydrogens is 266 g/mol. The number of amides is 2. The Bertz CT molecular complexity index is 491. The molecule has 0 bridgehead atoms. The van der Waals surface area contributed by atoms with E-state index in [0.29, 0.717) is 5.69 Å². The van der Waals surface area contributed by atoms with Crippen LogP contribution in [0.15, 0.2) is 24.4 Å². The van der Waals surface area contributed by atoms with Crippen LogP contribution in [-0.2, 0) is 16.1 Å². The number of carboxylic acid groups (broad SMARTS) is 2. The second-order valence-electron chi connectivity index (χ2n) is 4.12. The number of rotatable bonds is 6. The zero-order valence-electron chi connectivity index (χ0n) is 10.8. The van der Waals surface area contributed by atoms with E-state index < -0.39 is 30.4 Å². The summed E-state index contributed by atoms with van der Waals surface area (Å²) in [5, 5.41) is 19.6. The van der Waals surface area contributed by atoms with Gasteiger partial charge < -0.3 is 20.4 Å². The summed E-state index contributed by atoms with van der Waals surface area (Å²) >= 11 is 0. The number of nitrogens with one attached hydrogen (secondary N) is 1. The molecule has 0 aliphatic heterocycles. The van der Waals surface area contributed by atoms with E-state index in [0.717, 1.165) is 0 Å². The van der Waals surface area contributed by atoms with Crippen molar-refractivity contribution < 1.29 is 24.6 Å². The van der Waals surface area contributed by atoms with Crippen molar-refractivity contribution in [3.05, 3.63) is 30.1 Å². The largest absolute Gasteiger partial charge is 0.481 e. The van der Waals surface area contributed by atoms with Gasteiger partial charge in [-0.05, 0) is 12.1 Å². The van der Waals surface area contributed by atoms with Crippen LogP contribution in [0, 0.1) is 0 Å². The molecule has 1 heterocycles. The number of nitrogens with zero attached hydrogens (tertiary/aromatic N) is 2. The van der Waals surface area contributed by atoms with Crippen LogP contribution in [0.4, 0.5) is 4.79 Å². The first kappa shape index (κ1) is 15.4. The molecular formula is C12H15N3O5. The summed E-state index contributed by atoms with van der Waals surface area (Å²) in [5.74, 6) is -2.70. The van der Waals surface area contributed by atoms with Gasteiger partial charge in [0.2, 0.25) is 0 Å². The average molecular weight is 281 g/mol. The highest BCUT2D eigenvalue weighted by Crippen LogP contribution is 2.01. The minimum Gasteiger partial charge on any atom is -0.481 e. The van der Waals surface area contributed by atoms with E-state index in [1.54, 1.807) is 24.4 Å². The van der Waals surface area contributed by atoms with Gasteiger partial charge in [-0.1, -0.05) is 6.07 Å². The predicted octanol–water partition coefficient (Wildman–Crippen LogP) is 0.151. The van der Waals surface area contributed by atoms with Crippen LogP contribution in [0.2, 0.25) is 0 Å². The lowest BCUT2D eigenvalue weighted by atomic mass is 10.2. The predicted molar refractivity (Wildman–Crippen MR) is 67.9 cm³/mol. The van der Waals surface area contributed by atoms with E-state index >= 15 is 0 Å². The Morgan fingerprint density at radius 3 is 2.55 bits per heavy atom. The van der Waals surface area contributed by atoms with E-state index in [1.807, 2.05) is 0 Å². The fraction of sp³-hybridized carbons (Fsp3) is 0.333. The molecule has 20 heavy (non-hydrogen) atoms. The van der Waals surface area contributed by atoms with Crippen LogP contribution in [0.25, 0.3) is 0 Å². The first-order valence-electron chi connectivity index (χ1n) is 5.76. The van der Waals surface area contributed by atoms with Crippen LogP contribution < -0.4 is 5.32 Å². The highest BCUT2D eigenvalue weighted by atomic mass is 16.4. The first-order chi connectivity index (χ1) is 9.40. The third kappa shape index (κ3) is 4.92. The maximum Gasteiger partial charge on any atom is 0.326 e. The average Bonchev–Trinajstić information content (AvgIpc) is 2.38. The molecule has 0 unspecified atom stereocenters. The quantitative estimate of drug-likeness (QED) is 0.682. The molecule has 1 aromatic rings. The second kappa shape index (κ2) is 7.07. The van der Waals surface area contributed by atoms with Crippen LogP contribution in [0.5, 0.6) is 0 Å². The van der Waals surface area contributed by atoms with Crippen molar-refractivity contribution in [1.82, 2.24) is 15.2 Å². The van der Waals surface area contributed by atoms with Gasteiger partial charge in [-0.25, -0.2) is 9.59 Å². The summed E-state index contributed by atoms with van der Waals surface area (Å²) in [6.45, 7) is 0.187. The van der Waals surface area contributed by atoms with Crippen molar-refractivity contribution in [2.45, 2.75) is 19.0 Å². The highest BCUT2D eigenvalue weighted by Gasteiger charge is 2.24. The van der Waals surface area contributed by atoms with Gasteiger partial charge in [0, 0.05) is 13.2 Å². The lowest BCUT2D eigenvalue weighted by Crippen LogP contribution is -2.47. The minimum absolute atomic E-state index is 0.187. The standard InChI is InChI=1S/C12H15N3O5/c1-15(7-8-4-2-3-5-13-8)12(20)14-9(11(18)19)6-10(16)17/h2-5,9H,6-7H2,1H3,(H,14,20)(H,16,17)(H,18,19)/t9-/m0/s1. The molecule has 2 amide bonds. The summed E-state index contributed by atoms with van der Waals surface area (Å²) in [4.78, 5) is 38.4. The summed E-state index contributed by atoms with van der Waals surface area (Å²) in [5.41, 5.74) is 0.634. The van der Waals surface area contributed by atoms with E-state index in [9.17, 15) is 14.4 Å². The van der Waals surface area contributed by atoms with Gasteiger partial charge in [0.05, 0.1) is 18.7 Å². The molecule has 0 aliphatic rings. The molecule has 8 nitrogen and oxygen atoms in total. The smallest absolute Gasteiger partial charge is 0.326 e. The third-order valence-electron chi connectivity index (χ3n) is 2.45. The third-order valence-corrected chi connectivity index (χ3v) is 2.45. The molecule has 108 valence electrons. The second-order valence-corrected chi connectivity index (χ2v) is 4.12. The van der Waals surface area contributed by atoms with E-state index in [2.05, 4.69) is 10.3 Å². The van der Waals surface area contributed by atoms with E-state index in [1.165, 1.54) is 11.9 Å². The summed E-state index contributed by atoms with van der Waals surface area (Å²) in [7, 11) is 1.46. The maximum absolute atomic E-state index is 11.8. The van der Waals surface area contributed by atoms with Crippen molar-refractivity contribution in [3.8, 4) is 0 Å². The van der Waals surface area contributed by atoms with Gasteiger partial charge in [0.15, 0.2) is 0 Å². The number of carbonyl (C=O) groups excluding carboxylic acids is 1. The molecule has 0 fully saturated rings. The number of hydrogen-bond donors (Lipinski definition) is 3. The van der Waals surface area contributed by atoms with Crippen molar-refractivity contribution in [3.63, 3.8) is 0 Å². The molecule has 0 spiro atoms. The maximum atomic E-state index is 11.8. The Morgan fingerprint density at radius 1 is 1.35 bits per heavy atom. The lowest BCUT2D eigenvalue weighted by Gasteiger charge is -2.20. The molecule has 0 aromatic carbocycles. The van der Waals surface area contributed by atoms with Gasteiger partial charge in [0.1, 0.15) is 6.04 Å². The number of carbonyl (C=O) groups is 3. The topological polar surface area (TPSA) is 120 Å². The number of aliphatic carboxylic acids is 2. The number of aromatic nitrogens is 1. The van der Waals surface area contributed by atoms with Gasteiger partial charge >= 0.3 is 18.0 Å². The van der Waals surface area contributed by atoms with Gasteiger partial charge in [-0.15, -0.1) is 0 Å². The molecule has 0 aliphatic carbocycles. The lowest BCUT2D eigenvalue weighted by molar-refractivity contribution is -0.145. The van der Waals surface area contributed by atoms with Gasteiger partial charge in [-0.2, -0.15) is 0 Å². The van der Waals surface area contributed by atoms with Crippen LogP contribution in [0.1, 0.15) is 12.1 Å². The normalized spacial score (nSPS) is 11.4. The Balaban J connectivity index is 2.59. The van der Waals surface area contributed by atoms with E-state index in [-0.39, 0.29) is 6.54 Å². The SMILES string of the molecule is CN(Cc1ccccn1)C(=O)N[C@@H](CC(=O)O)C(=O)O. The first-order valence-corrected chi connectivity index (χ1v) is 5.76. The Hall–Kier alpha value is -2.64. The Kier molecular flexibility index (Phi) is 5.45. The fourth-order valence-electron chi connectivity index (χ4n) is 1.44. The molecule has 1 rings (SSSR count). The molecule has 1 atom stereocenters. The summed E-state index contributed by atoms with van der Waals surface area (Å²) in [6, 6.07) is 3.07. The van der Waals surface area contributed by atoms with Crippen molar-refractivity contribution in [2.24, 2.45) is 0 Å². The van der Waals surface area contributed by atoms with Crippen LogP contribution >= 0.6 is 0 Å². The Labute approximate surface area is 115 Å². The number of carboxylic acids is 2. The minimum atomic E-state index is -1.47. The number of urea groups is 1. The summed E-state index contributed by atoms with van der Waals surface area (Å²) < 4.78 is 0. The summed E-state index contributed by atoms with van der Waals surface area (Å²) in [6.07, 6.45) is 0.893. The Morgan fingerprint density at radius 2 is 2.05 bits per heavy atom. The van der Waals surface area contributed by atoms with Crippen molar-refractivity contribution in [2.75, 3.05) is 7.05 Å². The molecule has 1 aromatic heterocycles. The van der Waals surface area contributed by atoms with Crippen molar-refractivity contribution in [1.29, 1.82) is 0 Å². The number of pyridine rings is 1. The van der Waals surface area contributed by atoms with Crippen LogP contribution in [0.3, 0.4) is 0 Å². The molecule has 0 saturated carbocycles. The zero-order chi connectivity index (χ0) is 15.1. The number of hydrogen-bond acceptors (Lipinski definition) is 4. The molecule has 0 radical (unpaired) electrons. The molecule has 3 N–H and O–H groups in total. The molecule has 8 heteroatoms. The monoisotopic (exact) mass is 281 g/mol. The van der Waals surface area contributed by atoms with E-state index in [4.69, 9.17) is 10.2 Å². The van der Waals surface area contributed by atoms with Gasteiger partial charge in [0.25, 0.3) is 0 Å². The fourth-order valence-corrected chi connectivity index (χ4v) is 1.44.